The molecule has 2 rings (SSSR count). The zero-order valence-electron chi connectivity index (χ0n) is 10.5. The lowest BCUT2D eigenvalue weighted by Crippen LogP contribution is -2.36. The molecule has 0 fully saturated rings. The van der Waals surface area contributed by atoms with Crippen LogP contribution in [0.5, 0.6) is 0 Å². The van der Waals surface area contributed by atoms with Gasteiger partial charge in [0.25, 0.3) is 5.56 Å². The third-order valence-electron chi connectivity index (χ3n) is 2.46. The van der Waals surface area contributed by atoms with Gasteiger partial charge >= 0.3 is 5.69 Å². The standard InChI is InChI=1S/C10H11N7O2S/c1-6-4-8(18)16(9(19)13-6)5-7-14-15-10(17(7)12)20-3-2-11/h4H,3,5,12H2,1H3,(H,13,19). The number of thioether (sulfide) groups is 1. The summed E-state index contributed by atoms with van der Waals surface area (Å²) >= 11 is 1.12. The number of nitrogen functional groups attached to an aromatic ring is 1. The number of rotatable bonds is 4. The molecule has 0 bridgehead atoms. The maximum Gasteiger partial charge on any atom is 0.328 e. The lowest BCUT2D eigenvalue weighted by Gasteiger charge is -2.05. The topological polar surface area (TPSA) is 135 Å². The molecule has 0 aromatic carbocycles. The molecular weight excluding hydrogens is 282 g/mol. The van der Waals surface area contributed by atoms with Gasteiger partial charge in [-0.1, -0.05) is 11.8 Å². The maximum absolute atomic E-state index is 11.8. The molecule has 0 unspecified atom stereocenters. The van der Waals surface area contributed by atoms with Gasteiger partial charge in [-0.05, 0) is 6.92 Å². The SMILES string of the molecule is Cc1cc(=O)n(Cc2nnc(SCC#N)n2N)c(=O)[nH]1. The molecule has 0 aliphatic rings. The fourth-order valence-electron chi connectivity index (χ4n) is 1.54. The summed E-state index contributed by atoms with van der Waals surface area (Å²) in [6, 6.07) is 3.25. The predicted octanol–water partition coefficient (Wildman–Crippen LogP) is -1.19. The van der Waals surface area contributed by atoms with Crippen molar-refractivity contribution in [1.82, 2.24) is 24.4 Å². The molecule has 3 N–H and O–H groups in total. The summed E-state index contributed by atoms with van der Waals surface area (Å²) in [4.78, 5) is 26.0. The van der Waals surface area contributed by atoms with Gasteiger partial charge in [0.05, 0.1) is 18.4 Å². The quantitative estimate of drug-likeness (QED) is 0.534. The minimum atomic E-state index is -0.538. The Hall–Kier alpha value is -2.54. The number of hydrogen-bond acceptors (Lipinski definition) is 7. The highest BCUT2D eigenvalue weighted by atomic mass is 32.2. The third-order valence-corrected chi connectivity index (χ3v) is 3.27. The summed E-state index contributed by atoms with van der Waals surface area (Å²) < 4.78 is 2.13. The smallest absolute Gasteiger partial charge is 0.328 e. The molecule has 2 aromatic heterocycles. The Kier molecular flexibility index (Phi) is 3.90. The van der Waals surface area contributed by atoms with Crippen LogP contribution in [-0.4, -0.2) is 30.2 Å². The maximum atomic E-state index is 11.8. The van der Waals surface area contributed by atoms with Crippen molar-refractivity contribution in [1.29, 1.82) is 5.26 Å². The first-order chi connectivity index (χ1) is 9.52. The van der Waals surface area contributed by atoms with Gasteiger partial charge in [0.15, 0.2) is 5.82 Å². The average molecular weight is 293 g/mol. The Bertz CT molecular complexity index is 751. The van der Waals surface area contributed by atoms with E-state index in [0.29, 0.717) is 10.9 Å². The van der Waals surface area contributed by atoms with E-state index in [1.165, 1.54) is 6.07 Å². The summed E-state index contributed by atoms with van der Waals surface area (Å²) in [7, 11) is 0. The number of nitriles is 1. The number of nitrogens with two attached hydrogens (primary N) is 1. The molecule has 0 saturated carbocycles. The molecular formula is C10H11N7O2S. The Labute approximate surface area is 117 Å². The Morgan fingerprint density at radius 2 is 2.25 bits per heavy atom. The molecule has 0 aliphatic carbocycles. The van der Waals surface area contributed by atoms with Crippen molar-refractivity contribution in [3.63, 3.8) is 0 Å². The third kappa shape index (κ3) is 2.72. The van der Waals surface area contributed by atoms with Crippen molar-refractivity contribution in [3.05, 3.63) is 38.4 Å². The van der Waals surface area contributed by atoms with Crippen LogP contribution in [0.15, 0.2) is 20.8 Å². The number of aromatic nitrogens is 5. The molecule has 0 radical (unpaired) electrons. The Morgan fingerprint density at radius 1 is 1.50 bits per heavy atom. The predicted molar refractivity (Wildman–Crippen MR) is 71.7 cm³/mol. The lowest BCUT2D eigenvalue weighted by molar-refractivity contribution is 0.640. The van der Waals surface area contributed by atoms with Crippen molar-refractivity contribution in [2.24, 2.45) is 0 Å². The molecule has 0 spiro atoms. The number of aryl methyl sites for hydroxylation is 1. The van der Waals surface area contributed by atoms with Crippen LogP contribution in [0, 0.1) is 18.3 Å². The van der Waals surface area contributed by atoms with Gasteiger partial charge in [-0.3, -0.25) is 9.36 Å². The number of aromatic amines is 1. The molecule has 104 valence electrons. The van der Waals surface area contributed by atoms with E-state index in [1.54, 1.807) is 6.92 Å². The van der Waals surface area contributed by atoms with E-state index < -0.39 is 11.2 Å². The molecule has 20 heavy (non-hydrogen) atoms. The molecule has 9 nitrogen and oxygen atoms in total. The van der Waals surface area contributed by atoms with E-state index >= 15 is 0 Å². The van der Waals surface area contributed by atoms with E-state index in [4.69, 9.17) is 11.1 Å². The molecule has 10 heteroatoms. The summed E-state index contributed by atoms with van der Waals surface area (Å²) in [5, 5.41) is 16.5. The van der Waals surface area contributed by atoms with Crippen LogP contribution in [0.4, 0.5) is 0 Å². The minimum Gasteiger partial charge on any atom is -0.335 e. The molecule has 0 amide bonds. The second kappa shape index (κ2) is 5.62. The van der Waals surface area contributed by atoms with Gasteiger partial charge < -0.3 is 10.8 Å². The molecule has 0 aliphatic heterocycles. The summed E-state index contributed by atoms with van der Waals surface area (Å²) in [6.07, 6.45) is 0. The first kappa shape index (κ1) is 13.9. The van der Waals surface area contributed by atoms with E-state index in [-0.39, 0.29) is 18.1 Å². The first-order valence-electron chi connectivity index (χ1n) is 5.53. The number of nitrogens with one attached hydrogen (secondary N) is 1. The number of H-pyrrole nitrogens is 1. The van der Waals surface area contributed by atoms with E-state index in [9.17, 15) is 9.59 Å². The summed E-state index contributed by atoms with van der Waals surface area (Å²) in [5.74, 6) is 6.19. The Morgan fingerprint density at radius 3 is 2.90 bits per heavy atom. The van der Waals surface area contributed by atoms with Crippen molar-refractivity contribution in [2.75, 3.05) is 11.6 Å². The molecule has 2 aromatic rings. The van der Waals surface area contributed by atoms with Crippen LogP contribution in [0.25, 0.3) is 0 Å². The van der Waals surface area contributed by atoms with Crippen LogP contribution < -0.4 is 17.1 Å². The van der Waals surface area contributed by atoms with E-state index in [1.807, 2.05) is 6.07 Å². The highest BCUT2D eigenvalue weighted by Crippen LogP contribution is 2.13. The van der Waals surface area contributed by atoms with Crippen molar-refractivity contribution in [2.45, 2.75) is 18.6 Å². The van der Waals surface area contributed by atoms with Crippen molar-refractivity contribution in [3.8, 4) is 6.07 Å². The van der Waals surface area contributed by atoms with Crippen LogP contribution in [-0.2, 0) is 6.54 Å². The van der Waals surface area contributed by atoms with Crippen LogP contribution in [0.1, 0.15) is 11.5 Å². The molecule has 0 saturated heterocycles. The highest BCUT2D eigenvalue weighted by molar-refractivity contribution is 7.99. The summed E-state index contributed by atoms with van der Waals surface area (Å²) in [6.45, 7) is 1.53. The summed E-state index contributed by atoms with van der Waals surface area (Å²) in [5.41, 5.74) is -0.500. The fourth-order valence-corrected chi connectivity index (χ4v) is 2.07. The van der Waals surface area contributed by atoms with Gasteiger partial charge in [0, 0.05) is 11.8 Å². The van der Waals surface area contributed by atoms with Crippen molar-refractivity contribution >= 4 is 11.8 Å². The van der Waals surface area contributed by atoms with Crippen molar-refractivity contribution < 1.29 is 0 Å². The highest BCUT2D eigenvalue weighted by Gasteiger charge is 2.12. The zero-order chi connectivity index (χ0) is 14.7. The molecule has 2 heterocycles. The van der Waals surface area contributed by atoms with Gasteiger partial charge in [-0.2, -0.15) is 5.26 Å². The van der Waals surface area contributed by atoms with Crippen LogP contribution >= 0.6 is 11.8 Å². The first-order valence-corrected chi connectivity index (χ1v) is 6.51. The second-order valence-corrected chi connectivity index (χ2v) is 4.84. The van der Waals surface area contributed by atoms with E-state index in [0.717, 1.165) is 21.0 Å². The number of hydrogen-bond donors (Lipinski definition) is 2. The average Bonchev–Trinajstić information content (AvgIpc) is 2.72. The van der Waals surface area contributed by atoms with E-state index in [2.05, 4.69) is 15.2 Å². The number of nitrogens with zero attached hydrogens (tertiary/aromatic N) is 5. The van der Waals surface area contributed by atoms with Gasteiger partial charge in [-0.25, -0.2) is 9.47 Å². The molecule has 0 atom stereocenters. The normalized spacial score (nSPS) is 10.4. The lowest BCUT2D eigenvalue weighted by atomic mass is 10.4. The monoisotopic (exact) mass is 293 g/mol. The largest absolute Gasteiger partial charge is 0.335 e. The second-order valence-electron chi connectivity index (χ2n) is 3.90. The van der Waals surface area contributed by atoms with Gasteiger partial charge in [-0.15, -0.1) is 10.2 Å². The fraction of sp³-hybridized carbons (Fsp3) is 0.300. The minimum absolute atomic E-state index is 0.0922. The van der Waals surface area contributed by atoms with Crippen LogP contribution in [0.3, 0.4) is 0 Å². The Balaban J connectivity index is 2.32. The van der Waals surface area contributed by atoms with Gasteiger partial charge in [0.1, 0.15) is 0 Å². The van der Waals surface area contributed by atoms with Gasteiger partial charge in [0.2, 0.25) is 5.16 Å². The van der Waals surface area contributed by atoms with Crippen LogP contribution in [0.2, 0.25) is 0 Å². The zero-order valence-corrected chi connectivity index (χ0v) is 11.3.